The van der Waals surface area contributed by atoms with E-state index in [4.69, 9.17) is 0 Å². The second-order valence-corrected chi connectivity index (χ2v) is 4.02. The molecule has 0 saturated heterocycles. The maximum atomic E-state index is 11.5. The van der Waals surface area contributed by atoms with Crippen molar-refractivity contribution in [3.05, 3.63) is 33.6 Å². The Hall–Kier alpha value is -1.78. The normalized spacial score (nSPS) is 10.5. The zero-order valence-corrected chi connectivity index (χ0v) is 9.56. The SMILES string of the molecule is Cc1cc(CC(=O)C(C)C)ncc1[N+](=O)[O-]. The molecule has 0 radical (unpaired) electrons. The van der Waals surface area contributed by atoms with Crippen LogP contribution in [0.15, 0.2) is 12.3 Å². The molecule has 0 aliphatic rings. The first kappa shape index (κ1) is 12.3. The number of hydrogen-bond acceptors (Lipinski definition) is 4. The van der Waals surface area contributed by atoms with Gasteiger partial charge in [-0.1, -0.05) is 13.8 Å². The van der Waals surface area contributed by atoms with Crippen molar-refractivity contribution in [1.29, 1.82) is 0 Å². The van der Waals surface area contributed by atoms with E-state index in [1.54, 1.807) is 13.0 Å². The second kappa shape index (κ2) is 4.83. The summed E-state index contributed by atoms with van der Waals surface area (Å²) in [6, 6.07) is 1.60. The van der Waals surface area contributed by atoms with Crippen molar-refractivity contribution in [1.82, 2.24) is 4.98 Å². The van der Waals surface area contributed by atoms with Crippen molar-refractivity contribution in [2.24, 2.45) is 5.92 Å². The van der Waals surface area contributed by atoms with Gasteiger partial charge < -0.3 is 0 Å². The molecule has 0 amide bonds. The van der Waals surface area contributed by atoms with Gasteiger partial charge in [-0.05, 0) is 13.0 Å². The molecule has 1 aromatic heterocycles. The van der Waals surface area contributed by atoms with Crippen LogP contribution >= 0.6 is 0 Å². The quantitative estimate of drug-likeness (QED) is 0.577. The largest absolute Gasteiger partial charge is 0.299 e. The first-order valence-corrected chi connectivity index (χ1v) is 5.04. The van der Waals surface area contributed by atoms with Gasteiger partial charge in [0.05, 0.1) is 4.92 Å². The summed E-state index contributed by atoms with van der Waals surface area (Å²) in [7, 11) is 0. The molecule has 0 fully saturated rings. The van der Waals surface area contributed by atoms with Crippen LogP contribution in [0.4, 0.5) is 5.69 Å². The number of aromatic nitrogens is 1. The van der Waals surface area contributed by atoms with Gasteiger partial charge in [0.1, 0.15) is 12.0 Å². The maximum absolute atomic E-state index is 11.5. The Labute approximate surface area is 93.7 Å². The van der Waals surface area contributed by atoms with E-state index in [1.165, 1.54) is 6.20 Å². The van der Waals surface area contributed by atoms with E-state index in [1.807, 2.05) is 13.8 Å². The summed E-state index contributed by atoms with van der Waals surface area (Å²) in [4.78, 5) is 25.5. The average Bonchev–Trinajstić information content (AvgIpc) is 2.16. The number of rotatable bonds is 4. The van der Waals surface area contributed by atoms with Crippen LogP contribution in [0, 0.1) is 23.0 Å². The minimum Gasteiger partial charge on any atom is -0.299 e. The lowest BCUT2D eigenvalue weighted by Crippen LogP contribution is -2.11. The van der Waals surface area contributed by atoms with E-state index in [0.717, 1.165) is 0 Å². The molecule has 1 rings (SSSR count). The van der Waals surface area contributed by atoms with E-state index < -0.39 is 4.92 Å². The molecule has 5 heteroatoms. The zero-order chi connectivity index (χ0) is 12.3. The standard InChI is InChI=1S/C11H14N2O3/c1-7(2)11(14)5-9-4-8(3)10(6-12-9)13(15)16/h4,6-7H,5H2,1-3H3. The monoisotopic (exact) mass is 222 g/mol. The summed E-state index contributed by atoms with van der Waals surface area (Å²) >= 11 is 0. The number of pyridine rings is 1. The van der Waals surface area contributed by atoms with Gasteiger partial charge in [-0.3, -0.25) is 19.9 Å². The summed E-state index contributed by atoms with van der Waals surface area (Å²) in [5.41, 5.74) is 1.11. The van der Waals surface area contributed by atoms with Gasteiger partial charge in [0, 0.05) is 23.6 Å². The average molecular weight is 222 g/mol. The third-order valence-electron chi connectivity index (χ3n) is 2.34. The molecule has 0 bridgehead atoms. The topological polar surface area (TPSA) is 73.1 Å². The molecule has 0 spiro atoms. The Morgan fingerprint density at radius 1 is 1.56 bits per heavy atom. The van der Waals surface area contributed by atoms with Crippen molar-refractivity contribution < 1.29 is 9.72 Å². The lowest BCUT2D eigenvalue weighted by molar-refractivity contribution is -0.385. The van der Waals surface area contributed by atoms with Crippen molar-refractivity contribution in [2.45, 2.75) is 27.2 Å². The van der Waals surface area contributed by atoms with E-state index in [2.05, 4.69) is 4.98 Å². The number of hydrogen-bond donors (Lipinski definition) is 0. The Balaban J connectivity index is 2.90. The fourth-order valence-corrected chi connectivity index (χ4v) is 1.28. The van der Waals surface area contributed by atoms with Crippen molar-refractivity contribution in [3.63, 3.8) is 0 Å². The van der Waals surface area contributed by atoms with Gasteiger partial charge in [-0.2, -0.15) is 0 Å². The molecular weight excluding hydrogens is 208 g/mol. The number of aryl methyl sites for hydroxylation is 1. The summed E-state index contributed by atoms with van der Waals surface area (Å²) in [6.45, 7) is 5.28. The number of nitrogens with zero attached hydrogens (tertiary/aromatic N) is 2. The Bertz CT molecular complexity index is 427. The van der Waals surface area contributed by atoms with Crippen LogP contribution < -0.4 is 0 Å². The van der Waals surface area contributed by atoms with Gasteiger partial charge in [0.25, 0.3) is 5.69 Å². The van der Waals surface area contributed by atoms with E-state index in [9.17, 15) is 14.9 Å². The lowest BCUT2D eigenvalue weighted by atomic mass is 10.0. The third kappa shape index (κ3) is 2.85. The number of ketones is 1. The molecule has 0 aliphatic heterocycles. The van der Waals surface area contributed by atoms with Gasteiger partial charge >= 0.3 is 0 Å². The minimum absolute atomic E-state index is 0.0132. The molecule has 0 unspecified atom stereocenters. The van der Waals surface area contributed by atoms with E-state index >= 15 is 0 Å². The van der Waals surface area contributed by atoms with Crippen LogP contribution in [-0.2, 0) is 11.2 Å². The highest BCUT2D eigenvalue weighted by molar-refractivity contribution is 5.82. The Morgan fingerprint density at radius 2 is 2.19 bits per heavy atom. The van der Waals surface area contributed by atoms with E-state index in [0.29, 0.717) is 11.3 Å². The van der Waals surface area contributed by atoms with Gasteiger partial charge in [-0.15, -0.1) is 0 Å². The van der Waals surface area contributed by atoms with Crippen LogP contribution in [0.1, 0.15) is 25.1 Å². The highest BCUT2D eigenvalue weighted by atomic mass is 16.6. The van der Waals surface area contributed by atoms with Crippen LogP contribution in [0.3, 0.4) is 0 Å². The molecule has 0 saturated carbocycles. The Kier molecular flexibility index (Phi) is 3.71. The number of nitro groups is 1. The van der Waals surface area contributed by atoms with Crippen LogP contribution in [-0.4, -0.2) is 15.7 Å². The highest BCUT2D eigenvalue weighted by Gasteiger charge is 2.14. The van der Waals surface area contributed by atoms with Gasteiger partial charge in [-0.25, -0.2) is 0 Å². The summed E-state index contributed by atoms with van der Waals surface area (Å²) in [5, 5.41) is 10.6. The van der Waals surface area contributed by atoms with Gasteiger partial charge in [0.2, 0.25) is 0 Å². The first-order valence-electron chi connectivity index (χ1n) is 5.04. The second-order valence-electron chi connectivity index (χ2n) is 4.02. The van der Waals surface area contributed by atoms with E-state index in [-0.39, 0.29) is 23.8 Å². The predicted molar refractivity (Wildman–Crippen MR) is 59.2 cm³/mol. The summed E-state index contributed by atoms with van der Waals surface area (Å²) in [6.07, 6.45) is 1.44. The minimum atomic E-state index is -0.476. The van der Waals surface area contributed by atoms with Crippen molar-refractivity contribution >= 4 is 11.5 Å². The fourth-order valence-electron chi connectivity index (χ4n) is 1.28. The van der Waals surface area contributed by atoms with Crippen molar-refractivity contribution in [2.75, 3.05) is 0 Å². The molecule has 0 aromatic carbocycles. The molecule has 16 heavy (non-hydrogen) atoms. The Morgan fingerprint density at radius 3 is 2.62 bits per heavy atom. The molecule has 0 aliphatic carbocycles. The maximum Gasteiger partial charge on any atom is 0.290 e. The smallest absolute Gasteiger partial charge is 0.290 e. The molecule has 0 atom stereocenters. The fraction of sp³-hybridized carbons (Fsp3) is 0.455. The summed E-state index contributed by atoms with van der Waals surface area (Å²) in [5.74, 6) is 0.0399. The lowest BCUT2D eigenvalue weighted by Gasteiger charge is -2.04. The number of carbonyl (C=O) groups is 1. The van der Waals surface area contributed by atoms with Crippen LogP contribution in [0.5, 0.6) is 0 Å². The molecular formula is C11H14N2O3. The molecule has 1 aromatic rings. The molecule has 86 valence electrons. The number of Topliss-reactive ketones (excluding diaryl/α,β-unsaturated/α-hetero) is 1. The summed E-state index contributed by atoms with van der Waals surface area (Å²) < 4.78 is 0. The third-order valence-corrected chi connectivity index (χ3v) is 2.34. The van der Waals surface area contributed by atoms with Crippen LogP contribution in [0.2, 0.25) is 0 Å². The highest BCUT2D eigenvalue weighted by Crippen LogP contribution is 2.17. The molecule has 5 nitrogen and oxygen atoms in total. The first-order chi connectivity index (χ1) is 7.41. The predicted octanol–water partition coefficient (Wildman–Crippen LogP) is 2.07. The zero-order valence-electron chi connectivity index (χ0n) is 9.56. The van der Waals surface area contributed by atoms with Crippen molar-refractivity contribution in [3.8, 4) is 0 Å². The van der Waals surface area contributed by atoms with Crippen LogP contribution in [0.25, 0.3) is 0 Å². The number of carbonyl (C=O) groups excluding carboxylic acids is 1. The molecule has 0 N–H and O–H groups in total. The van der Waals surface area contributed by atoms with Gasteiger partial charge in [0.15, 0.2) is 0 Å². The molecule has 1 heterocycles.